The van der Waals surface area contributed by atoms with E-state index in [1.807, 2.05) is 0 Å². The first-order valence-corrected chi connectivity index (χ1v) is 4.68. The van der Waals surface area contributed by atoms with Crippen molar-refractivity contribution in [3.8, 4) is 0 Å². The van der Waals surface area contributed by atoms with Crippen molar-refractivity contribution in [2.24, 2.45) is 0 Å². The second-order valence-electron chi connectivity index (χ2n) is 2.83. The molecule has 4 nitrogen and oxygen atoms in total. The van der Waals surface area contributed by atoms with E-state index in [1.165, 1.54) is 18.3 Å². The first kappa shape index (κ1) is 10.1. The van der Waals surface area contributed by atoms with E-state index >= 15 is 0 Å². The first-order valence-electron chi connectivity index (χ1n) is 3.93. The number of pyridine rings is 2. The Morgan fingerprint density at radius 3 is 2.73 bits per heavy atom. The Balaban J connectivity index is 2.76. The van der Waals surface area contributed by atoms with Gasteiger partial charge >= 0.3 is 5.97 Å². The summed E-state index contributed by atoms with van der Waals surface area (Å²) in [6.07, 6.45) is 1.25. The van der Waals surface area contributed by atoms with Crippen molar-refractivity contribution in [1.29, 1.82) is 0 Å². The van der Waals surface area contributed by atoms with Gasteiger partial charge in [0.25, 0.3) is 0 Å². The van der Waals surface area contributed by atoms with Gasteiger partial charge < -0.3 is 5.11 Å². The summed E-state index contributed by atoms with van der Waals surface area (Å²) in [4.78, 5) is 18.4. The topological polar surface area (TPSA) is 63.1 Å². The maximum Gasteiger partial charge on any atom is 0.337 e. The van der Waals surface area contributed by atoms with Crippen LogP contribution < -0.4 is 0 Å². The van der Waals surface area contributed by atoms with E-state index in [-0.39, 0.29) is 15.9 Å². The van der Waals surface area contributed by atoms with Crippen LogP contribution in [0.15, 0.2) is 18.3 Å². The highest BCUT2D eigenvalue weighted by Gasteiger charge is 2.08. The second-order valence-corrected chi connectivity index (χ2v) is 3.58. The average molecular weight is 243 g/mol. The summed E-state index contributed by atoms with van der Waals surface area (Å²) in [7, 11) is 0. The van der Waals surface area contributed by atoms with Gasteiger partial charge in [0.1, 0.15) is 10.3 Å². The van der Waals surface area contributed by atoms with Gasteiger partial charge in [0.15, 0.2) is 0 Å². The van der Waals surface area contributed by atoms with Gasteiger partial charge in [0.2, 0.25) is 0 Å². The van der Waals surface area contributed by atoms with Gasteiger partial charge in [-0.25, -0.2) is 9.78 Å². The normalized spacial score (nSPS) is 10.5. The summed E-state index contributed by atoms with van der Waals surface area (Å²) in [5, 5.41) is 9.60. The van der Waals surface area contributed by atoms with Crippen molar-refractivity contribution in [2.45, 2.75) is 0 Å². The molecule has 0 aliphatic rings. The van der Waals surface area contributed by atoms with Crippen LogP contribution in [0, 0.1) is 0 Å². The van der Waals surface area contributed by atoms with Crippen molar-refractivity contribution in [1.82, 2.24) is 9.97 Å². The SMILES string of the molecule is O=C(O)c1cnc2cc(Cl)nc(Cl)c2c1. The number of fused-ring (bicyclic) bond motifs is 1. The predicted octanol–water partition coefficient (Wildman–Crippen LogP) is 2.63. The minimum Gasteiger partial charge on any atom is -0.478 e. The average Bonchev–Trinajstić information content (AvgIpc) is 2.16. The van der Waals surface area contributed by atoms with E-state index in [4.69, 9.17) is 28.3 Å². The van der Waals surface area contributed by atoms with Gasteiger partial charge in [0, 0.05) is 17.6 Å². The Bertz CT molecular complexity index is 557. The summed E-state index contributed by atoms with van der Waals surface area (Å²) < 4.78 is 0. The maximum absolute atomic E-state index is 10.7. The molecule has 0 bridgehead atoms. The van der Waals surface area contributed by atoms with E-state index < -0.39 is 5.97 Å². The second kappa shape index (κ2) is 3.64. The molecule has 1 N–H and O–H groups in total. The van der Waals surface area contributed by atoms with E-state index in [9.17, 15) is 4.79 Å². The number of halogens is 2. The predicted molar refractivity (Wildman–Crippen MR) is 56.5 cm³/mol. The molecular formula is C9H4Cl2N2O2. The van der Waals surface area contributed by atoms with Crippen LogP contribution in [-0.4, -0.2) is 21.0 Å². The zero-order chi connectivity index (χ0) is 11.0. The number of hydrogen-bond donors (Lipinski definition) is 1. The molecule has 2 rings (SSSR count). The smallest absolute Gasteiger partial charge is 0.337 e. The molecule has 0 unspecified atom stereocenters. The van der Waals surface area contributed by atoms with Crippen LogP contribution in [0.3, 0.4) is 0 Å². The van der Waals surface area contributed by atoms with E-state index in [2.05, 4.69) is 9.97 Å². The van der Waals surface area contributed by atoms with Gasteiger partial charge in [-0.05, 0) is 6.07 Å². The molecule has 15 heavy (non-hydrogen) atoms. The van der Waals surface area contributed by atoms with E-state index in [1.54, 1.807) is 0 Å². The largest absolute Gasteiger partial charge is 0.478 e. The lowest BCUT2D eigenvalue weighted by Crippen LogP contribution is -1.97. The quantitative estimate of drug-likeness (QED) is 0.782. The minimum absolute atomic E-state index is 0.0634. The van der Waals surface area contributed by atoms with Crippen molar-refractivity contribution in [2.75, 3.05) is 0 Å². The molecule has 2 aromatic rings. The van der Waals surface area contributed by atoms with E-state index in [0.717, 1.165) is 0 Å². The lowest BCUT2D eigenvalue weighted by atomic mass is 10.2. The van der Waals surface area contributed by atoms with Crippen molar-refractivity contribution in [3.63, 3.8) is 0 Å². The van der Waals surface area contributed by atoms with Gasteiger partial charge in [-0.3, -0.25) is 4.98 Å². The number of aromatic carboxylic acids is 1. The van der Waals surface area contributed by atoms with Crippen LogP contribution in [0.1, 0.15) is 10.4 Å². The summed E-state index contributed by atoms with van der Waals surface area (Å²) in [5.74, 6) is -1.06. The molecule has 0 radical (unpaired) electrons. The Morgan fingerprint density at radius 2 is 2.07 bits per heavy atom. The van der Waals surface area contributed by atoms with Crippen molar-refractivity contribution < 1.29 is 9.90 Å². The number of carbonyl (C=O) groups is 1. The van der Waals surface area contributed by atoms with Crippen molar-refractivity contribution in [3.05, 3.63) is 34.2 Å². The summed E-state index contributed by atoms with van der Waals surface area (Å²) in [5.41, 5.74) is 0.582. The molecule has 2 aromatic heterocycles. The lowest BCUT2D eigenvalue weighted by Gasteiger charge is -2.01. The Morgan fingerprint density at radius 1 is 1.33 bits per heavy atom. The third-order valence-corrected chi connectivity index (χ3v) is 2.33. The highest BCUT2D eigenvalue weighted by molar-refractivity contribution is 6.36. The first-order chi connectivity index (χ1) is 7.08. The number of rotatable bonds is 1. The molecule has 0 saturated heterocycles. The Hall–Kier alpha value is -1.39. The fraction of sp³-hybridized carbons (Fsp3) is 0. The lowest BCUT2D eigenvalue weighted by molar-refractivity contribution is 0.0696. The molecular weight excluding hydrogens is 239 g/mol. The van der Waals surface area contributed by atoms with Crippen LogP contribution in [0.25, 0.3) is 10.9 Å². The fourth-order valence-electron chi connectivity index (χ4n) is 1.17. The summed E-state index contributed by atoms with van der Waals surface area (Å²) in [6, 6.07) is 2.94. The molecule has 0 fully saturated rings. The molecule has 0 saturated carbocycles. The summed E-state index contributed by atoms with van der Waals surface area (Å²) in [6.45, 7) is 0. The van der Waals surface area contributed by atoms with E-state index in [0.29, 0.717) is 10.9 Å². The number of carboxylic acids is 1. The molecule has 0 amide bonds. The monoisotopic (exact) mass is 242 g/mol. The number of nitrogens with zero attached hydrogens (tertiary/aromatic N) is 2. The molecule has 0 spiro atoms. The molecule has 6 heteroatoms. The third kappa shape index (κ3) is 1.86. The summed E-state index contributed by atoms with van der Waals surface area (Å²) >= 11 is 11.5. The van der Waals surface area contributed by atoms with Crippen LogP contribution >= 0.6 is 23.2 Å². The number of carboxylic acid groups (broad SMARTS) is 1. The highest BCUT2D eigenvalue weighted by atomic mass is 35.5. The highest BCUT2D eigenvalue weighted by Crippen LogP contribution is 2.23. The third-order valence-electron chi connectivity index (χ3n) is 1.85. The molecule has 0 aliphatic heterocycles. The standard InChI is InChI=1S/C9H4Cl2N2O2/c10-7-2-6-5(8(11)13-7)1-4(3-12-6)9(14)15/h1-3H,(H,14,15). The van der Waals surface area contributed by atoms with Crippen LogP contribution in [0.4, 0.5) is 0 Å². The Kier molecular flexibility index (Phi) is 2.46. The van der Waals surface area contributed by atoms with Gasteiger partial charge in [-0.2, -0.15) is 0 Å². The fourth-order valence-corrected chi connectivity index (χ4v) is 1.65. The Labute approximate surface area is 94.5 Å². The number of aromatic nitrogens is 2. The zero-order valence-electron chi connectivity index (χ0n) is 7.24. The minimum atomic E-state index is -1.06. The van der Waals surface area contributed by atoms with Gasteiger partial charge in [0.05, 0.1) is 11.1 Å². The van der Waals surface area contributed by atoms with Crippen LogP contribution in [0.2, 0.25) is 10.3 Å². The maximum atomic E-state index is 10.7. The molecule has 0 atom stereocenters. The molecule has 0 aromatic carbocycles. The molecule has 0 aliphatic carbocycles. The zero-order valence-corrected chi connectivity index (χ0v) is 8.75. The van der Waals surface area contributed by atoms with Crippen LogP contribution in [-0.2, 0) is 0 Å². The van der Waals surface area contributed by atoms with Gasteiger partial charge in [-0.15, -0.1) is 0 Å². The van der Waals surface area contributed by atoms with Gasteiger partial charge in [-0.1, -0.05) is 23.2 Å². The molecule has 2 heterocycles. The van der Waals surface area contributed by atoms with Crippen molar-refractivity contribution >= 4 is 40.1 Å². The van der Waals surface area contributed by atoms with Crippen LogP contribution in [0.5, 0.6) is 0 Å². The molecule has 76 valence electrons. The number of hydrogen-bond acceptors (Lipinski definition) is 3.